The molecule has 2 rings (SSSR count). The summed E-state index contributed by atoms with van der Waals surface area (Å²) in [4.78, 5) is 8.82. The Morgan fingerprint density at radius 1 is 1.06 bits per heavy atom. The molecule has 0 fully saturated rings. The fourth-order valence-corrected chi connectivity index (χ4v) is 1.34. The van der Waals surface area contributed by atoms with Gasteiger partial charge in [0.05, 0.1) is 17.1 Å². The van der Waals surface area contributed by atoms with Crippen LogP contribution in [0.5, 0.6) is 0 Å². The van der Waals surface area contributed by atoms with Gasteiger partial charge in [-0.1, -0.05) is 24.4 Å². The van der Waals surface area contributed by atoms with Gasteiger partial charge >= 0.3 is 0 Å². The summed E-state index contributed by atoms with van der Waals surface area (Å²) in [7, 11) is 0. The number of hydrogen-bond donors (Lipinski definition) is 1. The summed E-state index contributed by atoms with van der Waals surface area (Å²) >= 11 is 4.87. The van der Waals surface area contributed by atoms with E-state index in [0.29, 0.717) is 10.7 Å². The Labute approximate surface area is 109 Å². The van der Waals surface area contributed by atoms with Gasteiger partial charge in [-0.05, 0) is 24.3 Å². The molecule has 0 aliphatic heterocycles. The van der Waals surface area contributed by atoms with Crippen LogP contribution in [0.25, 0.3) is 11.4 Å². The van der Waals surface area contributed by atoms with Crippen LogP contribution in [0.4, 0.5) is 0 Å². The summed E-state index contributed by atoms with van der Waals surface area (Å²) in [5, 5.41) is 0. The quantitative estimate of drug-likeness (QED) is 0.848. The second-order valence-corrected chi connectivity index (χ2v) is 3.43. The third kappa shape index (κ3) is 2.85. The Kier molecular flexibility index (Phi) is 4.54. The van der Waals surface area contributed by atoms with E-state index in [0.717, 1.165) is 11.4 Å². The Bertz CT molecular complexity index is 488. The van der Waals surface area contributed by atoms with Gasteiger partial charge in [0.15, 0.2) is 0 Å². The molecule has 0 atom stereocenters. The summed E-state index contributed by atoms with van der Waals surface area (Å²) in [6.07, 6.45) is 1.73. The number of thiocarbonyl (C=S) groups is 1. The van der Waals surface area contributed by atoms with Crippen molar-refractivity contribution in [3.8, 4) is 11.4 Å². The Morgan fingerprint density at radius 3 is 2.44 bits per heavy atom. The molecule has 2 aromatic heterocycles. The number of nitrogens with zero attached hydrogens (tertiary/aromatic N) is 2. The second kappa shape index (κ2) is 5.69. The van der Waals surface area contributed by atoms with Crippen molar-refractivity contribution in [3.63, 3.8) is 0 Å². The van der Waals surface area contributed by atoms with Crippen LogP contribution in [-0.4, -0.2) is 15.0 Å². The molecular formula is C11H9CoN3S. The van der Waals surface area contributed by atoms with Crippen molar-refractivity contribution in [2.24, 2.45) is 5.73 Å². The van der Waals surface area contributed by atoms with E-state index < -0.39 is 0 Å². The van der Waals surface area contributed by atoms with Crippen molar-refractivity contribution < 1.29 is 16.8 Å². The molecule has 0 amide bonds. The zero-order valence-electron chi connectivity index (χ0n) is 8.25. The first-order chi connectivity index (χ1) is 7.27. The van der Waals surface area contributed by atoms with Gasteiger partial charge in [-0.15, -0.1) is 0 Å². The molecule has 16 heavy (non-hydrogen) atoms. The van der Waals surface area contributed by atoms with E-state index in [9.17, 15) is 0 Å². The SMILES string of the molecule is NC(=S)c1cccc(-c2ccccn2)n1.[Co]. The van der Waals surface area contributed by atoms with Crippen LogP contribution in [0.15, 0.2) is 42.6 Å². The molecule has 0 aromatic carbocycles. The monoisotopic (exact) mass is 274 g/mol. The standard InChI is InChI=1S/C11H9N3S.Co/c12-11(15)10-6-3-5-9(14-10)8-4-1-2-7-13-8;/h1-7H,(H2,12,15);. The molecule has 0 aliphatic carbocycles. The first-order valence-corrected chi connectivity index (χ1v) is 4.86. The van der Waals surface area contributed by atoms with E-state index in [4.69, 9.17) is 18.0 Å². The third-order valence-electron chi connectivity index (χ3n) is 1.93. The molecule has 2 heterocycles. The van der Waals surface area contributed by atoms with Crippen molar-refractivity contribution in [2.45, 2.75) is 0 Å². The number of rotatable bonds is 2. The fraction of sp³-hybridized carbons (Fsp3) is 0. The molecule has 1 radical (unpaired) electrons. The van der Waals surface area contributed by atoms with Gasteiger partial charge in [-0.3, -0.25) is 4.98 Å². The zero-order chi connectivity index (χ0) is 10.7. The maximum atomic E-state index is 5.51. The van der Waals surface area contributed by atoms with Crippen molar-refractivity contribution in [1.82, 2.24) is 9.97 Å². The topological polar surface area (TPSA) is 51.8 Å². The Morgan fingerprint density at radius 2 is 1.81 bits per heavy atom. The number of pyridine rings is 2. The summed E-state index contributed by atoms with van der Waals surface area (Å²) in [6, 6.07) is 11.2. The summed E-state index contributed by atoms with van der Waals surface area (Å²) in [5.74, 6) is 0. The van der Waals surface area contributed by atoms with Crippen LogP contribution >= 0.6 is 12.2 Å². The predicted octanol–water partition coefficient (Wildman–Crippen LogP) is 1.78. The first-order valence-electron chi connectivity index (χ1n) is 4.45. The minimum Gasteiger partial charge on any atom is -0.388 e. The molecule has 0 unspecified atom stereocenters. The van der Waals surface area contributed by atoms with Gasteiger partial charge in [0.25, 0.3) is 0 Å². The zero-order valence-corrected chi connectivity index (χ0v) is 10.1. The number of hydrogen-bond acceptors (Lipinski definition) is 3. The van der Waals surface area contributed by atoms with E-state index in [-0.39, 0.29) is 16.8 Å². The largest absolute Gasteiger partial charge is 0.388 e. The smallest absolute Gasteiger partial charge is 0.122 e. The van der Waals surface area contributed by atoms with E-state index in [1.54, 1.807) is 12.3 Å². The van der Waals surface area contributed by atoms with Gasteiger partial charge in [0.2, 0.25) is 0 Å². The van der Waals surface area contributed by atoms with Crippen molar-refractivity contribution in [1.29, 1.82) is 0 Å². The van der Waals surface area contributed by atoms with E-state index in [1.807, 2.05) is 30.3 Å². The molecule has 3 nitrogen and oxygen atoms in total. The Hall–Kier alpha value is -1.30. The number of aromatic nitrogens is 2. The first kappa shape index (κ1) is 12.8. The molecular weight excluding hydrogens is 265 g/mol. The van der Waals surface area contributed by atoms with Gasteiger partial charge in [0, 0.05) is 23.0 Å². The molecule has 5 heteroatoms. The molecule has 0 aliphatic rings. The number of nitrogens with two attached hydrogens (primary N) is 1. The van der Waals surface area contributed by atoms with Crippen LogP contribution in [0, 0.1) is 0 Å². The minimum atomic E-state index is 0. The molecule has 2 N–H and O–H groups in total. The van der Waals surface area contributed by atoms with Crippen LogP contribution in [0.3, 0.4) is 0 Å². The fourth-order valence-electron chi connectivity index (χ4n) is 1.23. The summed E-state index contributed by atoms with van der Waals surface area (Å²) < 4.78 is 0. The normalized spacial score (nSPS) is 9.25. The molecule has 2 aromatic rings. The van der Waals surface area contributed by atoms with Crippen LogP contribution in [0.2, 0.25) is 0 Å². The van der Waals surface area contributed by atoms with Crippen LogP contribution in [0.1, 0.15) is 5.69 Å². The van der Waals surface area contributed by atoms with Crippen LogP contribution in [-0.2, 0) is 16.8 Å². The maximum absolute atomic E-state index is 5.51. The van der Waals surface area contributed by atoms with Gasteiger partial charge in [0.1, 0.15) is 4.99 Å². The van der Waals surface area contributed by atoms with Gasteiger partial charge in [-0.25, -0.2) is 4.98 Å². The molecule has 0 bridgehead atoms. The summed E-state index contributed by atoms with van der Waals surface area (Å²) in [5.41, 5.74) is 7.72. The van der Waals surface area contributed by atoms with E-state index in [1.165, 1.54) is 0 Å². The molecule has 0 saturated carbocycles. The van der Waals surface area contributed by atoms with E-state index >= 15 is 0 Å². The maximum Gasteiger partial charge on any atom is 0.122 e. The average molecular weight is 274 g/mol. The van der Waals surface area contributed by atoms with E-state index in [2.05, 4.69) is 9.97 Å². The summed E-state index contributed by atoms with van der Waals surface area (Å²) in [6.45, 7) is 0. The van der Waals surface area contributed by atoms with Crippen molar-refractivity contribution >= 4 is 17.2 Å². The molecule has 0 saturated heterocycles. The predicted molar refractivity (Wildman–Crippen MR) is 63.4 cm³/mol. The van der Waals surface area contributed by atoms with Crippen LogP contribution < -0.4 is 5.73 Å². The second-order valence-electron chi connectivity index (χ2n) is 2.99. The van der Waals surface area contributed by atoms with Gasteiger partial charge < -0.3 is 5.73 Å². The molecule has 83 valence electrons. The van der Waals surface area contributed by atoms with Crippen molar-refractivity contribution in [2.75, 3.05) is 0 Å². The van der Waals surface area contributed by atoms with Gasteiger partial charge in [-0.2, -0.15) is 0 Å². The third-order valence-corrected chi connectivity index (χ3v) is 2.14. The average Bonchev–Trinajstić information content (AvgIpc) is 2.30. The minimum absolute atomic E-state index is 0. The molecule has 0 spiro atoms. The van der Waals surface area contributed by atoms with Crippen molar-refractivity contribution in [3.05, 3.63) is 48.3 Å². The Balaban J connectivity index is 0.00000128.